The molecule has 1 saturated carbocycles. The van der Waals surface area contributed by atoms with Gasteiger partial charge in [-0.1, -0.05) is 42.3 Å². The molecular weight excluding hydrogens is 351 g/mol. The zero-order valence-corrected chi connectivity index (χ0v) is 14.1. The summed E-state index contributed by atoms with van der Waals surface area (Å²) in [6.07, 6.45) is -2.00. The van der Waals surface area contributed by atoms with E-state index in [0.29, 0.717) is 10.6 Å². The van der Waals surface area contributed by atoms with Crippen molar-refractivity contribution in [2.45, 2.75) is 37.4 Å². The van der Waals surface area contributed by atoms with Gasteiger partial charge < -0.3 is 5.32 Å². The molecule has 2 aromatic carbocycles. The van der Waals surface area contributed by atoms with Crippen LogP contribution in [0.15, 0.2) is 48.5 Å². The fourth-order valence-electron chi connectivity index (χ4n) is 3.16. The first kappa shape index (κ1) is 17.8. The molecule has 2 aromatic rings. The first-order valence-corrected chi connectivity index (χ1v) is 8.39. The van der Waals surface area contributed by atoms with Crippen LogP contribution in [0.2, 0.25) is 5.02 Å². The van der Waals surface area contributed by atoms with Crippen LogP contribution in [-0.2, 0) is 22.9 Å². The number of nitrogens with one attached hydrogen (secondary N) is 1. The van der Waals surface area contributed by atoms with Crippen LogP contribution in [0.1, 0.15) is 36.0 Å². The smallest absolute Gasteiger partial charge is 0.351 e. The Hall–Kier alpha value is -2.01. The molecule has 1 aliphatic rings. The topological polar surface area (TPSA) is 29.1 Å². The molecule has 0 saturated heterocycles. The molecule has 0 heterocycles. The van der Waals surface area contributed by atoms with E-state index in [9.17, 15) is 18.0 Å². The maximum Gasteiger partial charge on any atom is 0.416 e. The van der Waals surface area contributed by atoms with E-state index < -0.39 is 17.2 Å². The Balaban J connectivity index is 1.72. The normalized spacial score (nSPS) is 16.2. The maximum absolute atomic E-state index is 12.8. The quantitative estimate of drug-likeness (QED) is 0.800. The molecule has 0 aliphatic heterocycles. The van der Waals surface area contributed by atoms with Gasteiger partial charge >= 0.3 is 6.18 Å². The van der Waals surface area contributed by atoms with E-state index in [-0.39, 0.29) is 12.5 Å². The lowest BCUT2D eigenvalue weighted by Crippen LogP contribution is -2.49. The highest BCUT2D eigenvalue weighted by Gasteiger charge is 2.45. The molecule has 0 atom stereocenters. The van der Waals surface area contributed by atoms with Gasteiger partial charge in [0, 0.05) is 11.6 Å². The fraction of sp³-hybridized carbons (Fsp3) is 0.316. The molecule has 1 N–H and O–H groups in total. The summed E-state index contributed by atoms with van der Waals surface area (Å²) >= 11 is 5.90. The van der Waals surface area contributed by atoms with Crippen LogP contribution in [-0.4, -0.2) is 5.91 Å². The van der Waals surface area contributed by atoms with E-state index in [2.05, 4.69) is 5.32 Å². The van der Waals surface area contributed by atoms with E-state index in [0.717, 1.165) is 37.0 Å². The monoisotopic (exact) mass is 367 g/mol. The van der Waals surface area contributed by atoms with E-state index >= 15 is 0 Å². The summed E-state index contributed by atoms with van der Waals surface area (Å²) in [5.74, 6) is -0.154. The number of carbonyl (C=O) groups excluding carboxylic acids is 1. The van der Waals surface area contributed by atoms with Crippen LogP contribution >= 0.6 is 11.6 Å². The van der Waals surface area contributed by atoms with Gasteiger partial charge in [0.1, 0.15) is 0 Å². The number of halogens is 4. The van der Waals surface area contributed by atoms with Crippen molar-refractivity contribution in [2.75, 3.05) is 0 Å². The summed E-state index contributed by atoms with van der Waals surface area (Å²) in [4.78, 5) is 12.7. The van der Waals surface area contributed by atoms with Crippen LogP contribution in [0.25, 0.3) is 0 Å². The van der Waals surface area contributed by atoms with Gasteiger partial charge in [0.2, 0.25) is 5.91 Å². The average molecular weight is 368 g/mol. The van der Waals surface area contributed by atoms with Crippen LogP contribution in [0.3, 0.4) is 0 Å². The second kappa shape index (κ2) is 6.71. The Bertz CT molecular complexity index is 767. The van der Waals surface area contributed by atoms with Gasteiger partial charge in [-0.3, -0.25) is 4.79 Å². The van der Waals surface area contributed by atoms with Crippen molar-refractivity contribution in [2.24, 2.45) is 0 Å². The van der Waals surface area contributed by atoms with Gasteiger partial charge in [-0.15, -0.1) is 0 Å². The SMILES string of the molecule is O=C(NCc1cccc(C(F)(F)F)c1)C1(c2ccc(Cl)cc2)CCC1. The van der Waals surface area contributed by atoms with Gasteiger partial charge in [0.05, 0.1) is 11.0 Å². The molecule has 0 spiro atoms. The lowest BCUT2D eigenvalue weighted by molar-refractivity contribution is -0.137. The van der Waals surface area contributed by atoms with Crippen molar-refractivity contribution in [3.05, 3.63) is 70.2 Å². The lowest BCUT2D eigenvalue weighted by Gasteiger charge is -2.40. The first-order chi connectivity index (χ1) is 11.8. The average Bonchev–Trinajstić information content (AvgIpc) is 2.53. The van der Waals surface area contributed by atoms with Crippen molar-refractivity contribution in [1.29, 1.82) is 0 Å². The van der Waals surface area contributed by atoms with Crippen LogP contribution in [0.5, 0.6) is 0 Å². The number of alkyl halides is 3. The molecular formula is C19H17ClF3NO. The number of amides is 1. The highest BCUT2D eigenvalue weighted by molar-refractivity contribution is 6.30. The van der Waals surface area contributed by atoms with E-state index in [1.54, 1.807) is 18.2 Å². The molecule has 0 unspecified atom stereocenters. The van der Waals surface area contributed by atoms with Gasteiger partial charge in [0.15, 0.2) is 0 Å². The molecule has 6 heteroatoms. The number of rotatable bonds is 4. The maximum atomic E-state index is 12.8. The fourth-order valence-corrected chi connectivity index (χ4v) is 3.28. The van der Waals surface area contributed by atoms with Crippen LogP contribution < -0.4 is 5.32 Å². The largest absolute Gasteiger partial charge is 0.416 e. The third-order valence-corrected chi connectivity index (χ3v) is 5.00. The predicted octanol–water partition coefficient (Wildman–Crippen LogP) is 5.10. The highest BCUT2D eigenvalue weighted by atomic mass is 35.5. The minimum absolute atomic E-state index is 0.0676. The third kappa shape index (κ3) is 3.66. The molecule has 25 heavy (non-hydrogen) atoms. The summed E-state index contributed by atoms with van der Waals surface area (Å²) < 4.78 is 38.3. The Morgan fingerprint density at radius 3 is 2.36 bits per heavy atom. The van der Waals surface area contributed by atoms with Gasteiger partial charge in [-0.2, -0.15) is 13.2 Å². The van der Waals surface area contributed by atoms with E-state index in [1.807, 2.05) is 12.1 Å². The molecule has 1 amide bonds. The highest BCUT2D eigenvalue weighted by Crippen LogP contribution is 2.44. The minimum atomic E-state index is -4.39. The molecule has 2 nitrogen and oxygen atoms in total. The van der Waals surface area contributed by atoms with E-state index in [1.165, 1.54) is 6.07 Å². The zero-order valence-electron chi connectivity index (χ0n) is 13.4. The van der Waals surface area contributed by atoms with Crippen LogP contribution in [0, 0.1) is 0 Å². The number of hydrogen-bond acceptors (Lipinski definition) is 1. The molecule has 1 aliphatic carbocycles. The summed E-state index contributed by atoms with van der Waals surface area (Å²) in [7, 11) is 0. The minimum Gasteiger partial charge on any atom is -0.351 e. The lowest BCUT2D eigenvalue weighted by atomic mass is 9.64. The van der Waals surface area contributed by atoms with Gasteiger partial charge in [-0.25, -0.2) is 0 Å². The summed E-state index contributed by atoms with van der Waals surface area (Å²) in [6.45, 7) is 0.0676. The van der Waals surface area contributed by atoms with Crippen molar-refractivity contribution >= 4 is 17.5 Å². The summed E-state index contributed by atoms with van der Waals surface area (Å²) in [6, 6.07) is 12.2. The predicted molar refractivity (Wildman–Crippen MR) is 90.3 cm³/mol. The second-order valence-corrected chi connectivity index (χ2v) is 6.76. The van der Waals surface area contributed by atoms with Gasteiger partial charge in [0.25, 0.3) is 0 Å². The number of hydrogen-bond donors (Lipinski definition) is 1. The van der Waals surface area contributed by atoms with Crippen molar-refractivity contribution in [1.82, 2.24) is 5.32 Å². The standard InChI is InChI=1S/C19H17ClF3NO/c20-16-7-5-14(6-8-16)18(9-2-10-18)17(25)24-12-13-3-1-4-15(11-13)19(21,22)23/h1,3-8,11H,2,9-10,12H2,(H,24,25). The number of carbonyl (C=O) groups is 1. The Morgan fingerprint density at radius 1 is 1.12 bits per heavy atom. The molecule has 1 fully saturated rings. The van der Waals surface area contributed by atoms with Crippen molar-refractivity contribution < 1.29 is 18.0 Å². The van der Waals surface area contributed by atoms with Crippen molar-refractivity contribution in [3.63, 3.8) is 0 Å². The molecule has 0 aromatic heterocycles. The summed E-state index contributed by atoms with van der Waals surface area (Å²) in [5.41, 5.74) is 0.000394. The zero-order chi connectivity index (χ0) is 18.1. The van der Waals surface area contributed by atoms with E-state index in [4.69, 9.17) is 11.6 Å². The first-order valence-electron chi connectivity index (χ1n) is 8.02. The molecule has 0 bridgehead atoms. The van der Waals surface area contributed by atoms with Crippen LogP contribution in [0.4, 0.5) is 13.2 Å². The Kier molecular flexibility index (Phi) is 4.78. The molecule has 0 radical (unpaired) electrons. The Morgan fingerprint density at radius 2 is 1.80 bits per heavy atom. The third-order valence-electron chi connectivity index (χ3n) is 4.75. The number of benzene rings is 2. The van der Waals surface area contributed by atoms with Crippen molar-refractivity contribution in [3.8, 4) is 0 Å². The van der Waals surface area contributed by atoms with Gasteiger partial charge in [-0.05, 0) is 48.2 Å². The molecule has 3 rings (SSSR count). The summed E-state index contributed by atoms with van der Waals surface area (Å²) in [5, 5.41) is 3.39. The molecule has 132 valence electrons. The Labute approximate surface area is 149 Å². The second-order valence-electron chi connectivity index (χ2n) is 6.32.